The highest BCUT2D eigenvalue weighted by Crippen LogP contribution is 1.78. The number of hydrogen-bond acceptors (Lipinski definition) is 2. The van der Waals surface area contributed by atoms with E-state index in [0.29, 0.717) is 0 Å². The molecule has 0 saturated carbocycles. The molecule has 0 saturated heterocycles. The lowest BCUT2D eigenvalue weighted by atomic mass is 10.6. The van der Waals surface area contributed by atoms with Crippen LogP contribution in [0.15, 0.2) is 9.98 Å². The van der Waals surface area contributed by atoms with Gasteiger partial charge in [0.05, 0.1) is 5.84 Å². The lowest BCUT2D eigenvalue weighted by Gasteiger charge is -2.15. The number of nitrogens with zero attached hydrogens (tertiary/aromatic N) is 3. The number of nitrogens with one attached hydrogen (secondary N) is 1. The van der Waals surface area contributed by atoms with E-state index in [9.17, 15) is 0 Å². The molecule has 0 rings (SSSR count). The van der Waals surface area contributed by atoms with Crippen molar-refractivity contribution in [1.82, 2.24) is 10.2 Å². The predicted molar refractivity (Wildman–Crippen MR) is 49.2 cm³/mol. The Bertz CT molecular complexity index is 169. The number of amidine groups is 1. The van der Waals surface area contributed by atoms with Gasteiger partial charge in [-0.25, -0.2) is 0 Å². The summed E-state index contributed by atoms with van der Waals surface area (Å²) in [6, 6.07) is 0. The number of hydrogen-bond donors (Lipinski definition) is 1. The Kier molecular flexibility index (Phi) is 4.26. The van der Waals surface area contributed by atoms with Gasteiger partial charge in [-0.15, -0.1) is 0 Å². The van der Waals surface area contributed by atoms with Crippen LogP contribution in [0.1, 0.15) is 6.92 Å². The van der Waals surface area contributed by atoms with E-state index in [1.165, 1.54) is 0 Å². The fourth-order valence-corrected chi connectivity index (χ4v) is 0.585. The van der Waals surface area contributed by atoms with Crippen molar-refractivity contribution in [3.05, 3.63) is 0 Å². The molecule has 0 aliphatic heterocycles. The van der Waals surface area contributed by atoms with Crippen LogP contribution in [-0.4, -0.2) is 44.9 Å². The fraction of sp³-hybridized carbons (Fsp3) is 0.714. The summed E-state index contributed by atoms with van der Waals surface area (Å²) >= 11 is 0. The van der Waals surface area contributed by atoms with Crippen molar-refractivity contribution in [3.63, 3.8) is 0 Å². The topological polar surface area (TPSA) is 40.0 Å². The van der Waals surface area contributed by atoms with Gasteiger partial charge in [-0.1, -0.05) is 0 Å². The van der Waals surface area contributed by atoms with Gasteiger partial charge in [-0.05, 0) is 6.92 Å². The van der Waals surface area contributed by atoms with E-state index in [4.69, 9.17) is 0 Å². The molecule has 4 heteroatoms. The van der Waals surface area contributed by atoms with Crippen LogP contribution in [0.3, 0.4) is 0 Å². The van der Waals surface area contributed by atoms with Crippen LogP contribution >= 0.6 is 0 Å². The number of guanidine groups is 1. The maximum atomic E-state index is 4.03. The molecule has 0 aliphatic rings. The van der Waals surface area contributed by atoms with E-state index < -0.39 is 0 Å². The van der Waals surface area contributed by atoms with Crippen LogP contribution in [0.5, 0.6) is 0 Å². The first-order valence-electron chi connectivity index (χ1n) is 3.46. The van der Waals surface area contributed by atoms with E-state index in [-0.39, 0.29) is 0 Å². The molecule has 0 aliphatic carbocycles. The zero-order valence-electron chi connectivity index (χ0n) is 7.84. The molecular formula is C7H16N4. The van der Waals surface area contributed by atoms with Crippen LogP contribution in [0, 0.1) is 0 Å². The zero-order chi connectivity index (χ0) is 8.85. The average molecular weight is 156 g/mol. The van der Waals surface area contributed by atoms with E-state index in [1.807, 2.05) is 25.9 Å². The Hall–Kier alpha value is -1.06. The summed E-state index contributed by atoms with van der Waals surface area (Å²) in [5, 5.41) is 3.04. The van der Waals surface area contributed by atoms with Gasteiger partial charge < -0.3 is 10.2 Å². The molecular weight excluding hydrogens is 140 g/mol. The summed E-state index contributed by atoms with van der Waals surface area (Å²) in [5.41, 5.74) is 0. The smallest absolute Gasteiger partial charge is 0.198 e. The molecule has 4 nitrogen and oxygen atoms in total. The van der Waals surface area contributed by atoms with Crippen molar-refractivity contribution in [3.8, 4) is 0 Å². The average Bonchev–Trinajstić information content (AvgIpc) is 1.99. The summed E-state index contributed by atoms with van der Waals surface area (Å²) in [6.07, 6.45) is 0. The quantitative estimate of drug-likeness (QED) is 0.401. The largest absolute Gasteiger partial charge is 0.349 e. The van der Waals surface area contributed by atoms with Crippen molar-refractivity contribution >= 4 is 11.8 Å². The molecule has 11 heavy (non-hydrogen) atoms. The molecule has 1 N–H and O–H groups in total. The summed E-state index contributed by atoms with van der Waals surface area (Å²) in [7, 11) is 7.34. The van der Waals surface area contributed by atoms with E-state index in [0.717, 1.165) is 11.8 Å². The monoisotopic (exact) mass is 156 g/mol. The summed E-state index contributed by atoms with van der Waals surface area (Å²) < 4.78 is 0. The van der Waals surface area contributed by atoms with Gasteiger partial charge >= 0.3 is 0 Å². The normalized spacial score (nSPS) is 13.2. The molecule has 0 unspecified atom stereocenters. The minimum Gasteiger partial charge on any atom is -0.349 e. The summed E-state index contributed by atoms with van der Waals surface area (Å²) in [4.78, 5) is 9.88. The van der Waals surface area contributed by atoms with Crippen molar-refractivity contribution in [1.29, 1.82) is 0 Å². The standard InChI is InChI=1S/C7H16N4/c1-6(8-2)10-7(9-3)11(4)5/h1-5H3,(H,8,9,10). The van der Waals surface area contributed by atoms with Crippen LogP contribution in [0.2, 0.25) is 0 Å². The van der Waals surface area contributed by atoms with E-state index >= 15 is 0 Å². The highest BCUT2D eigenvalue weighted by Gasteiger charge is 1.98. The van der Waals surface area contributed by atoms with Gasteiger partial charge in [0.1, 0.15) is 0 Å². The van der Waals surface area contributed by atoms with Gasteiger partial charge in [0.2, 0.25) is 0 Å². The first-order valence-corrected chi connectivity index (χ1v) is 3.46. The van der Waals surface area contributed by atoms with Crippen molar-refractivity contribution < 1.29 is 0 Å². The second kappa shape index (κ2) is 4.71. The van der Waals surface area contributed by atoms with Crippen molar-refractivity contribution in [2.24, 2.45) is 9.98 Å². The molecule has 0 aromatic rings. The maximum absolute atomic E-state index is 4.03. The first kappa shape index (κ1) is 9.94. The molecule has 0 aromatic carbocycles. The molecule has 0 radical (unpaired) electrons. The van der Waals surface area contributed by atoms with Crippen molar-refractivity contribution in [2.75, 3.05) is 28.2 Å². The van der Waals surface area contributed by atoms with Crippen LogP contribution < -0.4 is 5.32 Å². The molecule has 0 heterocycles. The Morgan fingerprint density at radius 2 is 1.73 bits per heavy atom. The lowest BCUT2D eigenvalue weighted by molar-refractivity contribution is 0.603. The van der Waals surface area contributed by atoms with E-state index in [1.54, 1.807) is 14.1 Å². The van der Waals surface area contributed by atoms with Gasteiger partial charge in [0, 0.05) is 28.2 Å². The third-order valence-electron chi connectivity index (χ3n) is 1.26. The Morgan fingerprint density at radius 3 is 2.00 bits per heavy atom. The number of rotatable bonds is 0. The highest BCUT2D eigenvalue weighted by molar-refractivity contribution is 5.98. The Balaban J connectivity index is 4.12. The second-order valence-electron chi connectivity index (χ2n) is 2.38. The van der Waals surface area contributed by atoms with Crippen LogP contribution in [-0.2, 0) is 0 Å². The maximum Gasteiger partial charge on any atom is 0.198 e. The van der Waals surface area contributed by atoms with Gasteiger partial charge in [-0.3, -0.25) is 9.98 Å². The Morgan fingerprint density at radius 1 is 1.18 bits per heavy atom. The zero-order valence-corrected chi connectivity index (χ0v) is 7.84. The molecule has 0 aromatic heterocycles. The van der Waals surface area contributed by atoms with Crippen LogP contribution in [0.4, 0.5) is 0 Å². The fourth-order valence-electron chi connectivity index (χ4n) is 0.585. The molecule has 0 atom stereocenters. The first-order chi connectivity index (χ1) is 5.11. The van der Waals surface area contributed by atoms with Crippen LogP contribution in [0.25, 0.3) is 0 Å². The Labute approximate surface area is 68.0 Å². The minimum absolute atomic E-state index is 0.813. The lowest BCUT2D eigenvalue weighted by Crippen LogP contribution is -2.38. The molecule has 0 spiro atoms. The third kappa shape index (κ3) is 3.60. The summed E-state index contributed by atoms with van der Waals surface area (Å²) in [5.74, 6) is 1.67. The van der Waals surface area contributed by atoms with E-state index in [2.05, 4.69) is 15.3 Å². The molecule has 0 fully saturated rings. The molecule has 64 valence electrons. The van der Waals surface area contributed by atoms with Gasteiger partial charge in [-0.2, -0.15) is 0 Å². The van der Waals surface area contributed by atoms with Gasteiger partial charge in [0.15, 0.2) is 5.96 Å². The molecule has 0 amide bonds. The predicted octanol–water partition coefficient (Wildman–Crippen LogP) is 0.172. The highest BCUT2D eigenvalue weighted by atomic mass is 15.3. The summed E-state index contributed by atoms with van der Waals surface area (Å²) in [6.45, 7) is 1.90. The van der Waals surface area contributed by atoms with Crippen molar-refractivity contribution in [2.45, 2.75) is 6.92 Å². The van der Waals surface area contributed by atoms with Gasteiger partial charge in [0.25, 0.3) is 0 Å². The second-order valence-corrected chi connectivity index (χ2v) is 2.38. The number of aliphatic imine (C=N–C) groups is 2. The molecule has 0 bridgehead atoms. The SMILES string of the molecule is CN=C(C)NC(=NC)N(C)C. The third-order valence-corrected chi connectivity index (χ3v) is 1.26. The minimum atomic E-state index is 0.813.